The third kappa shape index (κ3) is 4.96. The molecule has 0 saturated carbocycles. The maximum atomic E-state index is 13.3. The van der Waals surface area contributed by atoms with Crippen LogP contribution in [-0.2, 0) is 13.2 Å². The zero-order valence-corrected chi connectivity index (χ0v) is 17.3. The van der Waals surface area contributed by atoms with Crippen molar-refractivity contribution in [3.8, 4) is 5.75 Å². The molecule has 2 aromatic carbocycles. The number of ether oxygens (including phenoxy) is 1. The van der Waals surface area contributed by atoms with Gasteiger partial charge in [0, 0.05) is 6.20 Å². The first kappa shape index (κ1) is 19.9. The first-order chi connectivity index (χ1) is 14.6. The third-order valence-electron chi connectivity index (χ3n) is 4.22. The summed E-state index contributed by atoms with van der Waals surface area (Å²) in [5.74, 6) is 0.680. The Balaban J connectivity index is 1.34. The zero-order chi connectivity index (χ0) is 20.9. The third-order valence-corrected chi connectivity index (χ3v) is 4.87. The summed E-state index contributed by atoms with van der Waals surface area (Å²) in [6, 6.07) is 17.0. The Kier molecular flexibility index (Phi) is 5.94. The lowest BCUT2D eigenvalue weighted by Crippen LogP contribution is -2.10. The number of benzene rings is 2. The second-order valence-electron chi connectivity index (χ2n) is 6.50. The number of aromatic nitrogens is 2. The molecule has 1 amide bonds. The van der Waals surface area contributed by atoms with E-state index >= 15 is 0 Å². The van der Waals surface area contributed by atoms with Crippen LogP contribution >= 0.6 is 15.9 Å². The predicted octanol–water partition coefficient (Wildman–Crippen LogP) is 5.26. The van der Waals surface area contributed by atoms with Gasteiger partial charge in [0.1, 0.15) is 23.9 Å². The highest BCUT2D eigenvalue weighted by atomic mass is 79.9. The summed E-state index contributed by atoms with van der Waals surface area (Å²) < 4.78 is 27.0. The molecule has 0 aliphatic carbocycles. The van der Waals surface area contributed by atoms with E-state index in [4.69, 9.17) is 9.15 Å². The highest BCUT2D eigenvalue weighted by Crippen LogP contribution is 2.25. The molecule has 0 fully saturated rings. The van der Waals surface area contributed by atoms with Crippen molar-refractivity contribution >= 4 is 27.5 Å². The van der Waals surface area contributed by atoms with Crippen molar-refractivity contribution in [1.29, 1.82) is 0 Å². The molecule has 1 N–H and O–H groups in total. The number of anilines is 1. The summed E-state index contributed by atoms with van der Waals surface area (Å²) in [5.41, 5.74) is 1.29. The molecule has 152 valence electrons. The quantitative estimate of drug-likeness (QED) is 0.400. The van der Waals surface area contributed by atoms with Crippen molar-refractivity contribution in [1.82, 2.24) is 9.78 Å². The first-order valence-corrected chi connectivity index (χ1v) is 9.90. The molecule has 0 atom stereocenters. The van der Waals surface area contributed by atoms with Crippen molar-refractivity contribution < 1.29 is 18.3 Å². The molecule has 0 unspecified atom stereocenters. The van der Waals surface area contributed by atoms with Gasteiger partial charge in [-0.25, -0.2) is 4.39 Å². The normalized spacial score (nSPS) is 10.7. The maximum Gasteiger partial charge on any atom is 0.291 e. The van der Waals surface area contributed by atoms with Crippen LogP contribution in [0.25, 0.3) is 0 Å². The molecule has 4 rings (SSSR count). The number of hydrogen-bond acceptors (Lipinski definition) is 4. The lowest BCUT2D eigenvalue weighted by Gasteiger charge is -2.05. The van der Waals surface area contributed by atoms with Gasteiger partial charge >= 0.3 is 0 Å². The van der Waals surface area contributed by atoms with E-state index in [1.54, 1.807) is 29.1 Å². The van der Waals surface area contributed by atoms with E-state index in [-0.39, 0.29) is 18.2 Å². The van der Waals surface area contributed by atoms with Crippen molar-refractivity contribution in [2.24, 2.45) is 0 Å². The van der Waals surface area contributed by atoms with Gasteiger partial charge in [-0.1, -0.05) is 24.3 Å². The van der Waals surface area contributed by atoms with E-state index in [0.717, 1.165) is 10.0 Å². The maximum absolute atomic E-state index is 13.3. The van der Waals surface area contributed by atoms with E-state index in [1.165, 1.54) is 18.3 Å². The largest absolute Gasteiger partial charge is 0.484 e. The summed E-state index contributed by atoms with van der Waals surface area (Å²) in [7, 11) is 0. The smallest absolute Gasteiger partial charge is 0.291 e. The highest BCUT2D eigenvalue weighted by molar-refractivity contribution is 9.10. The minimum atomic E-state index is -0.396. The Bertz CT molecular complexity index is 1170. The van der Waals surface area contributed by atoms with Crippen molar-refractivity contribution in [2.45, 2.75) is 13.2 Å². The number of carbonyl (C=O) groups is 1. The number of rotatable bonds is 7. The van der Waals surface area contributed by atoms with Crippen LogP contribution in [0, 0.1) is 5.82 Å². The molecule has 0 bridgehead atoms. The molecule has 0 aliphatic heterocycles. The number of halogens is 2. The summed E-state index contributed by atoms with van der Waals surface area (Å²) in [5, 5.41) is 6.92. The molecule has 30 heavy (non-hydrogen) atoms. The van der Waals surface area contributed by atoms with Gasteiger partial charge in [-0.15, -0.1) is 0 Å². The molecule has 2 heterocycles. The van der Waals surface area contributed by atoms with Crippen LogP contribution in [0.5, 0.6) is 5.75 Å². The highest BCUT2D eigenvalue weighted by Gasteiger charge is 2.13. The number of amides is 1. The van der Waals surface area contributed by atoms with Crippen molar-refractivity contribution in [2.75, 3.05) is 5.32 Å². The number of carbonyl (C=O) groups excluding carboxylic acids is 1. The molecule has 8 heteroatoms. The molecule has 0 spiro atoms. The second-order valence-corrected chi connectivity index (χ2v) is 7.35. The lowest BCUT2D eigenvalue weighted by molar-refractivity contribution is 0.0992. The molecule has 2 aromatic heterocycles. The van der Waals surface area contributed by atoms with Gasteiger partial charge in [0.2, 0.25) is 0 Å². The SMILES string of the molecule is O=C(Nc1cnn(Cc2cccc(F)c2)c1)c1ccc(COc2ccccc2Br)o1. The number of furan rings is 1. The Morgan fingerprint density at radius 2 is 2.03 bits per heavy atom. The molecule has 6 nitrogen and oxygen atoms in total. The number of hydrogen-bond donors (Lipinski definition) is 1. The zero-order valence-electron chi connectivity index (χ0n) is 15.7. The molecule has 4 aromatic rings. The van der Waals surface area contributed by atoms with Gasteiger partial charge in [-0.3, -0.25) is 9.48 Å². The van der Waals surface area contributed by atoms with Crippen LogP contribution in [0.15, 0.2) is 81.9 Å². The van der Waals surface area contributed by atoms with Gasteiger partial charge in [-0.2, -0.15) is 5.10 Å². The predicted molar refractivity (Wildman–Crippen MR) is 113 cm³/mol. The van der Waals surface area contributed by atoms with Crippen LogP contribution in [0.3, 0.4) is 0 Å². The van der Waals surface area contributed by atoms with E-state index in [9.17, 15) is 9.18 Å². The molecule has 0 aliphatic rings. The van der Waals surface area contributed by atoms with Gasteiger partial charge in [0.25, 0.3) is 5.91 Å². The first-order valence-electron chi connectivity index (χ1n) is 9.11. The van der Waals surface area contributed by atoms with Gasteiger partial charge in [0.05, 0.1) is 22.9 Å². The van der Waals surface area contributed by atoms with Crippen LogP contribution < -0.4 is 10.1 Å². The van der Waals surface area contributed by atoms with Crippen molar-refractivity contribution in [3.05, 3.63) is 100 Å². The Hall–Kier alpha value is -3.39. The topological polar surface area (TPSA) is 69.3 Å². The van der Waals surface area contributed by atoms with Gasteiger partial charge in [0.15, 0.2) is 5.76 Å². The minimum Gasteiger partial charge on any atom is -0.484 e. The second kappa shape index (κ2) is 8.96. The van der Waals surface area contributed by atoms with Gasteiger partial charge < -0.3 is 14.5 Å². The lowest BCUT2D eigenvalue weighted by atomic mass is 10.2. The standard InChI is InChI=1S/C22H17BrFN3O3/c23-19-6-1-2-7-20(19)29-14-18-8-9-21(30-18)22(28)26-17-11-25-27(13-17)12-15-4-3-5-16(24)10-15/h1-11,13H,12,14H2,(H,26,28). The Morgan fingerprint density at radius 3 is 2.87 bits per heavy atom. The summed E-state index contributed by atoms with van der Waals surface area (Å²) in [6.07, 6.45) is 3.19. The fraction of sp³-hybridized carbons (Fsp3) is 0.0909. The molecule has 0 radical (unpaired) electrons. The Labute approximate surface area is 180 Å². The summed E-state index contributed by atoms with van der Waals surface area (Å²) >= 11 is 3.42. The number of nitrogens with zero attached hydrogens (tertiary/aromatic N) is 2. The van der Waals surface area contributed by atoms with E-state index < -0.39 is 5.91 Å². The number of para-hydroxylation sites is 1. The van der Waals surface area contributed by atoms with Gasteiger partial charge in [-0.05, 0) is 57.9 Å². The fourth-order valence-corrected chi connectivity index (χ4v) is 3.22. The van der Waals surface area contributed by atoms with Crippen LogP contribution in [0.4, 0.5) is 10.1 Å². The number of nitrogens with one attached hydrogen (secondary N) is 1. The van der Waals surface area contributed by atoms with Crippen molar-refractivity contribution in [3.63, 3.8) is 0 Å². The van der Waals surface area contributed by atoms with E-state index in [1.807, 2.05) is 30.3 Å². The molecule has 0 saturated heterocycles. The summed E-state index contributed by atoms with van der Waals surface area (Å²) in [4.78, 5) is 12.4. The van der Waals surface area contributed by atoms with Crippen LogP contribution in [0.1, 0.15) is 21.9 Å². The molecular weight excluding hydrogens is 453 g/mol. The van der Waals surface area contributed by atoms with E-state index in [0.29, 0.717) is 23.7 Å². The Morgan fingerprint density at radius 1 is 1.17 bits per heavy atom. The van der Waals surface area contributed by atoms with Crippen LogP contribution in [-0.4, -0.2) is 15.7 Å². The fourth-order valence-electron chi connectivity index (χ4n) is 2.82. The average Bonchev–Trinajstić information content (AvgIpc) is 3.37. The monoisotopic (exact) mass is 469 g/mol. The van der Waals surface area contributed by atoms with Crippen LogP contribution in [0.2, 0.25) is 0 Å². The molecular formula is C22H17BrFN3O3. The summed E-state index contributed by atoms with van der Waals surface area (Å²) in [6.45, 7) is 0.590. The van der Waals surface area contributed by atoms with E-state index in [2.05, 4.69) is 26.3 Å². The average molecular weight is 470 g/mol. The minimum absolute atomic E-state index is 0.165.